The summed E-state index contributed by atoms with van der Waals surface area (Å²) in [5.41, 5.74) is 1.37. The molecule has 100 valence electrons. The van der Waals surface area contributed by atoms with E-state index in [4.69, 9.17) is 9.15 Å². The van der Waals surface area contributed by atoms with Crippen molar-refractivity contribution in [3.63, 3.8) is 0 Å². The predicted molar refractivity (Wildman–Crippen MR) is 75.9 cm³/mol. The molecule has 2 aromatic carbocycles. The van der Waals surface area contributed by atoms with E-state index < -0.39 is 0 Å². The highest BCUT2D eigenvalue weighted by molar-refractivity contribution is 5.86. The van der Waals surface area contributed by atoms with Gasteiger partial charge in [-0.25, -0.2) is 4.42 Å². The second-order valence-electron chi connectivity index (χ2n) is 4.41. The summed E-state index contributed by atoms with van der Waals surface area (Å²) in [4.78, 5) is 0. The molecule has 1 heterocycles. The smallest absolute Gasteiger partial charge is 0.368 e. The van der Waals surface area contributed by atoms with Crippen molar-refractivity contribution in [1.29, 1.82) is 0 Å². The van der Waals surface area contributed by atoms with Gasteiger partial charge in [0.15, 0.2) is 0 Å². The Morgan fingerprint density at radius 2 is 1.65 bits per heavy atom. The molecule has 0 saturated carbocycles. The number of benzene rings is 2. The quantitative estimate of drug-likeness (QED) is 0.695. The van der Waals surface area contributed by atoms with Gasteiger partial charge in [-0.1, -0.05) is 0 Å². The second-order valence-corrected chi connectivity index (χ2v) is 4.41. The first-order chi connectivity index (χ1) is 9.67. The summed E-state index contributed by atoms with van der Waals surface area (Å²) in [7, 11) is 1.54. The summed E-state index contributed by atoms with van der Waals surface area (Å²) in [6.45, 7) is 0. The van der Waals surface area contributed by atoms with Gasteiger partial charge in [0.05, 0.1) is 18.7 Å². The number of phenols is 2. The zero-order chi connectivity index (χ0) is 14.1. The fourth-order valence-corrected chi connectivity index (χ4v) is 2.10. The molecular formula is C16H13O4+. The van der Waals surface area contributed by atoms with Gasteiger partial charge in [0.1, 0.15) is 22.6 Å². The van der Waals surface area contributed by atoms with Gasteiger partial charge in [0, 0.05) is 12.1 Å². The molecule has 0 aliphatic heterocycles. The molecule has 0 saturated heterocycles. The van der Waals surface area contributed by atoms with Crippen LogP contribution in [-0.4, -0.2) is 17.3 Å². The minimum Gasteiger partial charge on any atom is -0.508 e. The van der Waals surface area contributed by atoms with Crippen molar-refractivity contribution in [2.75, 3.05) is 7.11 Å². The van der Waals surface area contributed by atoms with Crippen molar-refractivity contribution in [1.82, 2.24) is 0 Å². The molecule has 0 spiro atoms. The summed E-state index contributed by atoms with van der Waals surface area (Å²) in [5, 5.41) is 19.8. The molecule has 3 aromatic rings. The van der Waals surface area contributed by atoms with Crippen molar-refractivity contribution in [3.05, 3.63) is 48.5 Å². The van der Waals surface area contributed by atoms with E-state index in [0.29, 0.717) is 17.1 Å². The zero-order valence-electron chi connectivity index (χ0n) is 10.8. The molecular weight excluding hydrogens is 256 g/mol. The topological polar surface area (TPSA) is 61.0 Å². The van der Waals surface area contributed by atoms with Gasteiger partial charge >= 0.3 is 11.3 Å². The molecule has 0 radical (unpaired) electrons. The van der Waals surface area contributed by atoms with Crippen molar-refractivity contribution < 1.29 is 19.4 Å². The summed E-state index contributed by atoms with van der Waals surface area (Å²) < 4.78 is 11.0. The molecule has 2 N–H and O–H groups in total. The monoisotopic (exact) mass is 269 g/mol. The van der Waals surface area contributed by atoms with Gasteiger partial charge in [-0.05, 0) is 30.3 Å². The highest BCUT2D eigenvalue weighted by Gasteiger charge is 2.18. The maximum absolute atomic E-state index is 9.67. The number of hydrogen-bond donors (Lipinski definition) is 2. The molecule has 0 unspecified atom stereocenters. The molecule has 0 aliphatic rings. The summed E-state index contributed by atoms with van der Waals surface area (Å²) in [5.74, 6) is 1.49. The van der Waals surface area contributed by atoms with Crippen LogP contribution >= 0.6 is 0 Å². The molecule has 1 aromatic heterocycles. The van der Waals surface area contributed by atoms with Gasteiger partial charge < -0.3 is 14.9 Å². The van der Waals surface area contributed by atoms with Crippen LogP contribution in [0.1, 0.15) is 0 Å². The second kappa shape index (κ2) is 4.74. The highest BCUT2D eigenvalue weighted by atomic mass is 16.5. The van der Waals surface area contributed by atoms with E-state index in [2.05, 4.69) is 0 Å². The summed E-state index contributed by atoms with van der Waals surface area (Å²) in [6, 6.07) is 13.5. The van der Waals surface area contributed by atoms with E-state index in [1.165, 1.54) is 6.07 Å². The number of aromatic hydroxyl groups is 2. The average Bonchev–Trinajstić information content (AvgIpc) is 2.46. The van der Waals surface area contributed by atoms with E-state index in [9.17, 15) is 10.2 Å². The fourth-order valence-electron chi connectivity index (χ4n) is 2.10. The predicted octanol–water partition coefficient (Wildman–Crippen LogP) is 3.80. The molecule has 0 amide bonds. The Labute approximate surface area is 115 Å². The van der Waals surface area contributed by atoms with E-state index in [0.717, 1.165) is 10.9 Å². The number of methoxy groups -OCH3 is 1. The van der Waals surface area contributed by atoms with Crippen LogP contribution in [0.4, 0.5) is 0 Å². The van der Waals surface area contributed by atoms with Crippen molar-refractivity contribution in [3.8, 4) is 28.6 Å². The molecule has 4 heteroatoms. The van der Waals surface area contributed by atoms with Gasteiger partial charge in [-0.15, -0.1) is 0 Å². The van der Waals surface area contributed by atoms with Crippen LogP contribution in [0.5, 0.6) is 17.2 Å². The van der Waals surface area contributed by atoms with Crippen LogP contribution in [0, 0.1) is 0 Å². The van der Waals surface area contributed by atoms with Crippen LogP contribution in [0.15, 0.2) is 52.9 Å². The average molecular weight is 269 g/mol. The van der Waals surface area contributed by atoms with E-state index in [-0.39, 0.29) is 11.5 Å². The van der Waals surface area contributed by atoms with Crippen molar-refractivity contribution in [2.45, 2.75) is 0 Å². The Kier molecular flexibility index (Phi) is 2.91. The van der Waals surface area contributed by atoms with Crippen molar-refractivity contribution in [2.24, 2.45) is 0 Å². The Bertz CT molecular complexity index is 763. The SMILES string of the molecule is COc1cc(O)cc2[o+]c(-c3ccc(O)cc3)ccc12. The third kappa shape index (κ3) is 2.12. The number of ether oxygens (including phenoxy) is 1. The van der Waals surface area contributed by atoms with E-state index in [1.807, 2.05) is 12.1 Å². The minimum absolute atomic E-state index is 0.0842. The fraction of sp³-hybridized carbons (Fsp3) is 0.0625. The zero-order valence-corrected chi connectivity index (χ0v) is 10.8. The molecule has 0 aliphatic carbocycles. The molecule has 0 bridgehead atoms. The lowest BCUT2D eigenvalue weighted by molar-refractivity contribution is 0.411. The van der Waals surface area contributed by atoms with Crippen LogP contribution in [0.25, 0.3) is 22.3 Å². The number of phenolic OH excluding ortho intramolecular Hbond substituents is 2. The van der Waals surface area contributed by atoms with E-state index >= 15 is 0 Å². The molecule has 0 fully saturated rings. The molecule has 4 nitrogen and oxygen atoms in total. The first-order valence-corrected chi connectivity index (χ1v) is 6.10. The van der Waals surface area contributed by atoms with Crippen LogP contribution in [0.2, 0.25) is 0 Å². The minimum atomic E-state index is 0.0842. The van der Waals surface area contributed by atoms with Gasteiger partial charge in [0.25, 0.3) is 0 Å². The lowest BCUT2D eigenvalue weighted by Gasteiger charge is -2.01. The number of hydrogen-bond acceptors (Lipinski definition) is 3. The largest absolute Gasteiger partial charge is 0.508 e. The Morgan fingerprint density at radius 1 is 0.900 bits per heavy atom. The maximum Gasteiger partial charge on any atom is 0.368 e. The normalized spacial score (nSPS) is 10.7. The molecule has 0 atom stereocenters. The van der Waals surface area contributed by atoms with Crippen LogP contribution in [-0.2, 0) is 0 Å². The number of fused-ring (bicyclic) bond motifs is 1. The van der Waals surface area contributed by atoms with Gasteiger partial charge in [-0.2, -0.15) is 0 Å². The molecule has 3 rings (SSSR count). The Hall–Kier alpha value is -2.75. The van der Waals surface area contributed by atoms with Crippen molar-refractivity contribution >= 4 is 11.0 Å². The maximum atomic E-state index is 9.67. The number of rotatable bonds is 2. The summed E-state index contributed by atoms with van der Waals surface area (Å²) >= 11 is 0. The van der Waals surface area contributed by atoms with Gasteiger partial charge in [0.2, 0.25) is 0 Å². The summed E-state index contributed by atoms with van der Waals surface area (Å²) in [6.07, 6.45) is 0. The standard InChI is InChI=1S/C16H12O4/c1-19-15-8-12(18)9-16-13(15)6-7-14(20-16)10-2-4-11(17)5-3-10/h2-9H,1H3,(H-,17,18)/p+1. The van der Waals surface area contributed by atoms with Crippen LogP contribution in [0.3, 0.4) is 0 Å². The Balaban J connectivity index is 2.17. The molecule has 20 heavy (non-hydrogen) atoms. The van der Waals surface area contributed by atoms with Crippen LogP contribution < -0.4 is 4.74 Å². The first kappa shape index (κ1) is 12.3. The third-order valence-corrected chi connectivity index (χ3v) is 3.08. The highest BCUT2D eigenvalue weighted by Crippen LogP contribution is 2.33. The lowest BCUT2D eigenvalue weighted by Crippen LogP contribution is -1.86. The Morgan fingerprint density at radius 3 is 2.35 bits per heavy atom. The lowest BCUT2D eigenvalue weighted by atomic mass is 10.1. The third-order valence-electron chi connectivity index (χ3n) is 3.08. The van der Waals surface area contributed by atoms with E-state index in [1.54, 1.807) is 37.4 Å². The first-order valence-electron chi connectivity index (χ1n) is 6.10. The van der Waals surface area contributed by atoms with Gasteiger partial charge in [-0.3, -0.25) is 0 Å².